The lowest BCUT2D eigenvalue weighted by atomic mass is 10.0. The van der Waals surface area contributed by atoms with E-state index >= 15 is 0 Å². The normalized spacial score (nSPS) is 11.4. The summed E-state index contributed by atoms with van der Waals surface area (Å²) in [6.45, 7) is 0. The number of methoxy groups -OCH3 is 1. The summed E-state index contributed by atoms with van der Waals surface area (Å²) in [6.07, 6.45) is -3.29. The minimum Gasteiger partial charge on any atom is -0.481 e. The van der Waals surface area contributed by atoms with Crippen molar-refractivity contribution in [2.24, 2.45) is 0 Å². The van der Waals surface area contributed by atoms with E-state index in [-0.39, 0.29) is 22.7 Å². The van der Waals surface area contributed by atoms with Crippen LogP contribution < -0.4 is 10.5 Å². The van der Waals surface area contributed by atoms with Crippen molar-refractivity contribution >= 4 is 5.69 Å². The van der Waals surface area contributed by atoms with Crippen molar-refractivity contribution in [3.05, 3.63) is 41.8 Å². The predicted molar refractivity (Wildman–Crippen MR) is 65.6 cm³/mol. The van der Waals surface area contributed by atoms with Crippen LogP contribution in [0.5, 0.6) is 5.88 Å². The number of nitrogen functional groups attached to an aromatic ring is 1. The van der Waals surface area contributed by atoms with Gasteiger partial charge in [-0.25, -0.2) is 9.37 Å². The Morgan fingerprint density at radius 1 is 1.15 bits per heavy atom. The third kappa shape index (κ3) is 2.66. The second kappa shape index (κ2) is 4.99. The smallest absolute Gasteiger partial charge is 0.416 e. The molecule has 2 rings (SSSR count). The largest absolute Gasteiger partial charge is 0.481 e. The van der Waals surface area contributed by atoms with Crippen LogP contribution in [-0.2, 0) is 6.18 Å². The van der Waals surface area contributed by atoms with Crippen molar-refractivity contribution in [2.75, 3.05) is 12.8 Å². The van der Waals surface area contributed by atoms with Crippen molar-refractivity contribution in [1.29, 1.82) is 0 Å². The van der Waals surface area contributed by atoms with Crippen LogP contribution in [0.3, 0.4) is 0 Å². The molecular formula is C13H10F4N2O. The third-order valence-corrected chi connectivity index (χ3v) is 2.65. The summed E-state index contributed by atoms with van der Waals surface area (Å²) in [5.74, 6) is -0.818. The van der Waals surface area contributed by atoms with Gasteiger partial charge in [0.05, 0.1) is 24.6 Å². The Morgan fingerprint density at radius 3 is 2.45 bits per heavy atom. The first-order chi connectivity index (χ1) is 9.32. The third-order valence-electron chi connectivity index (χ3n) is 2.65. The lowest BCUT2D eigenvalue weighted by molar-refractivity contribution is -0.137. The molecule has 1 heterocycles. The van der Waals surface area contributed by atoms with Crippen LogP contribution in [0.4, 0.5) is 23.2 Å². The van der Waals surface area contributed by atoms with Gasteiger partial charge in [-0.05, 0) is 24.3 Å². The number of nitrogens with two attached hydrogens (primary N) is 1. The van der Waals surface area contributed by atoms with Gasteiger partial charge in [-0.2, -0.15) is 13.2 Å². The van der Waals surface area contributed by atoms with Gasteiger partial charge in [-0.15, -0.1) is 0 Å². The highest BCUT2D eigenvalue weighted by Gasteiger charge is 2.31. The number of nitrogens with zero attached hydrogens (tertiary/aromatic N) is 1. The Labute approximate surface area is 112 Å². The number of rotatable bonds is 2. The van der Waals surface area contributed by atoms with Gasteiger partial charge in [0.15, 0.2) is 0 Å². The Balaban J connectivity index is 2.66. The number of alkyl halides is 3. The Kier molecular flexibility index (Phi) is 3.52. The second-order valence-electron chi connectivity index (χ2n) is 4.02. The molecule has 0 spiro atoms. The van der Waals surface area contributed by atoms with Crippen molar-refractivity contribution in [1.82, 2.24) is 4.98 Å². The maximum absolute atomic E-state index is 13.8. The number of ether oxygens (including phenoxy) is 1. The van der Waals surface area contributed by atoms with Crippen LogP contribution in [0.15, 0.2) is 30.5 Å². The molecule has 0 radical (unpaired) electrons. The number of hydrogen-bond acceptors (Lipinski definition) is 3. The molecule has 0 fully saturated rings. The molecule has 2 N–H and O–H groups in total. The zero-order chi connectivity index (χ0) is 14.9. The van der Waals surface area contributed by atoms with E-state index in [0.29, 0.717) is 12.1 Å². The molecule has 0 saturated carbocycles. The minimum absolute atomic E-state index is 0.00238. The number of pyridine rings is 1. The molecule has 0 aliphatic heterocycles. The van der Waals surface area contributed by atoms with E-state index in [1.165, 1.54) is 19.4 Å². The Bertz CT molecular complexity index is 641. The summed E-state index contributed by atoms with van der Waals surface area (Å²) in [7, 11) is 1.29. The van der Waals surface area contributed by atoms with Gasteiger partial charge in [-0.1, -0.05) is 0 Å². The fourth-order valence-corrected chi connectivity index (χ4v) is 1.73. The summed E-state index contributed by atoms with van der Waals surface area (Å²) in [4.78, 5) is 3.81. The van der Waals surface area contributed by atoms with Gasteiger partial charge < -0.3 is 10.5 Å². The maximum atomic E-state index is 13.8. The van der Waals surface area contributed by atoms with Crippen molar-refractivity contribution in [3.63, 3.8) is 0 Å². The lowest BCUT2D eigenvalue weighted by Gasteiger charge is -2.12. The highest BCUT2D eigenvalue weighted by molar-refractivity contribution is 5.72. The molecule has 0 amide bonds. The quantitative estimate of drug-likeness (QED) is 0.860. The highest BCUT2D eigenvalue weighted by atomic mass is 19.4. The second-order valence-corrected chi connectivity index (χ2v) is 4.02. The fourth-order valence-electron chi connectivity index (χ4n) is 1.73. The molecule has 3 nitrogen and oxygen atoms in total. The fraction of sp³-hybridized carbons (Fsp3) is 0.154. The van der Waals surface area contributed by atoms with Crippen LogP contribution in [0.1, 0.15) is 5.56 Å². The first kappa shape index (κ1) is 14.1. The van der Waals surface area contributed by atoms with Crippen molar-refractivity contribution in [3.8, 4) is 17.0 Å². The van der Waals surface area contributed by atoms with Crippen molar-refractivity contribution < 1.29 is 22.3 Å². The van der Waals surface area contributed by atoms with E-state index < -0.39 is 17.6 Å². The van der Waals surface area contributed by atoms with Crippen LogP contribution in [-0.4, -0.2) is 12.1 Å². The average molecular weight is 286 g/mol. The van der Waals surface area contributed by atoms with E-state index in [1.807, 2.05) is 0 Å². The molecule has 20 heavy (non-hydrogen) atoms. The van der Waals surface area contributed by atoms with Gasteiger partial charge in [0, 0.05) is 11.1 Å². The molecule has 1 aromatic carbocycles. The van der Waals surface area contributed by atoms with E-state index in [9.17, 15) is 17.6 Å². The molecule has 106 valence electrons. The maximum Gasteiger partial charge on any atom is 0.416 e. The molecule has 0 aliphatic rings. The van der Waals surface area contributed by atoms with Crippen molar-refractivity contribution in [2.45, 2.75) is 6.18 Å². The average Bonchev–Trinajstić information content (AvgIpc) is 2.38. The van der Waals surface area contributed by atoms with Gasteiger partial charge in [0.1, 0.15) is 5.82 Å². The summed E-state index contributed by atoms with van der Waals surface area (Å²) in [5.41, 5.74) is 4.56. The van der Waals surface area contributed by atoms with Crippen LogP contribution in [0.2, 0.25) is 0 Å². The number of benzene rings is 1. The summed E-state index contributed by atoms with van der Waals surface area (Å²) in [6, 6.07) is 3.44. The minimum atomic E-state index is -4.57. The Morgan fingerprint density at radius 2 is 1.85 bits per heavy atom. The summed E-state index contributed by atoms with van der Waals surface area (Å²) < 4.78 is 56.8. The standard InChI is InChI=1S/C13H10F4N2O/c1-20-12-10(5-8(18)6-19-12)9-4-7(13(15,16)17)2-3-11(9)14/h2-6H,18H2,1H3. The molecular weight excluding hydrogens is 276 g/mol. The van der Waals surface area contributed by atoms with E-state index in [0.717, 1.165) is 6.07 Å². The molecule has 1 aromatic heterocycles. The van der Waals surface area contributed by atoms with Gasteiger partial charge in [-0.3, -0.25) is 0 Å². The Hall–Kier alpha value is -2.31. The summed E-state index contributed by atoms with van der Waals surface area (Å²) in [5, 5.41) is 0. The molecule has 0 unspecified atom stereocenters. The van der Waals surface area contributed by atoms with Gasteiger partial charge in [0.25, 0.3) is 0 Å². The van der Waals surface area contributed by atoms with E-state index in [4.69, 9.17) is 10.5 Å². The van der Waals surface area contributed by atoms with E-state index in [1.54, 1.807) is 0 Å². The highest BCUT2D eigenvalue weighted by Crippen LogP contribution is 2.36. The van der Waals surface area contributed by atoms with Crippen LogP contribution in [0, 0.1) is 5.82 Å². The van der Waals surface area contributed by atoms with Crippen LogP contribution >= 0.6 is 0 Å². The zero-order valence-electron chi connectivity index (χ0n) is 10.3. The first-order valence-electron chi connectivity index (χ1n) is 5.49. The monoisotopic (exact) mass is 286 g/mol. The molecule has 2 aromatic rings. The molecule has 7 heteroatoms. The van der Waals surface area contributed by atoms with E-state index in [2.05, 4.69) is 4.98 Å². The first-order valence-corrected chi connectivity index (χ1v) is 5.49. The van der Waals surface area contributed by atoms with Gasteiger partial charge in [0.2, 0.25) is 5.88 Å². The molecule has 0 saturated heterocycles. The topological polar surface area (TPSA) is 48.1 Å². The van der Waals surface area contributed by atoms with Gasteiger partial charge >= 0.3 is 6.18 Å². The number of halogens is 4. The number of hydrogen-bond donors (Lipinski definition) is 1. The number of aromatic nitrogens is 1. The molecule has 0 aliphatic carbocycles. The number of anilines is 1. The zero-order valence-corrected chi connectivity index (χ0v) is 10.3. The molecule has 0 atom stereocenters. The predicted octanol–water partition coefficient (Wildman–Crippen LogP) is 3.50. The van der Waals surface area contributed by atoms with Crippen LogP contribution in [0.25, 0.3) is 11.1 Å². The lowest BCUT2D eigenvalue weighted by Crippen LogP contribution is -2.06. The SMILES string of the molecule is COc1ncc(N)cc1-c1cc(C(F)(F)F)ccc1F. The molecule has 0 bridgehead atoms. The summed E-state index contributed by atoms with van der Waals surface area (Å²) >= 11 is 0.